The van der Waals surface area contributed by atoms with E-state index in [1.165, 1.54) is 87.7 Å². The number of amides is 3. The maximum Gasteiger partial charge on any atom is 0.257 e. The summed E-state index contributed by atoms with van der Waals surface area (Å²) in [5.41, 5.74) is 4.70. The zero-order valence-electron chi connectivity index (χ0n) is 33.1. The second-order valence-corrected chi connectivity index (χ2v) is 16.9. The number of piperidine rings is 3. The van der Waals surface area contributed by atoms with Crippen molar-refractivity contribution in [2.75, 3.05) is 50.1 Å². The van der Waals surface area contributed by atoms with Gasteiger partial charge in [-0.1, -0.05) is 30.3 Å². The van der Waals surface area contributed by atoms with Gasteiger partial charge in [-0.05, 0) is 111 Å². The number of imide groups is 1. The van der Waals surface area contributed by atoms with Gasteiger partial charge in [-0.25, -0.2) is 0 Å². The van der Waals surface area contributed by atoms with E-state index in [4.69, 9.17) is 9.84 Å². The highest BCUT2D eigenvalue weighted by Gasteiger charge is 2.39. The predicted octanol–water partition coefficient (Wildman–Crippen LogP) is 7.35. The van der Waals surface area contributed by atoms with Crippen LogP contribution in [0.25, 0.3) is 21.7 Å². The second-order valence-electron chi connectivity index (χ2n) is 16.9. The van der Waals surface area contributed by atoms with Gasteiger partial charge in [0.25, 0.3) is 5.91 Å². The number of hydrogen-bond acceptors (Lipinski definition) is 9. The summed E-state index contributed by atoms with van der Waals surface area (Å²) in [7, 11) is 1.58. The van der Waals surface area contributed by atoms with Crippen molar-refractivity contribution in [1.29, 1.82) is 5.26 Å². The molecule has 4 fully saturated rings. The Morgan fingerprint density at radius 2 is 1.71 bits per heavy atom. The van der Waals surface area contributed by atoms with E-state index < -0.39 is 0 Å². The number of rotatable bonds is 8. The molecule has 58 heavy (non-hydrogen) atoms. The standard InChI is InChI=1S/C46H50N8O4/c1-58-42-24-39-33(23-40(42)49-44(56)32-22-31(25-47)26-48-27-32)29-54(51-39)34-10-8-30(9-11-34)28-52-18-14-46(15-19-52)16-20-53(21-17-46)41-7-3-5-35-36(4-2-6-37(35)41)38-12-13-43(55)50-45(38)57/h2-7,22-24,26-27,29-30,34,38H,8-21,28H2,1H3,(H,49,56)(H,50,55,57). The SMILES string of the molecule is COc1cc2nn(C3CCC(CN4CCC5(CC4)CCN(c4cccc6c(C7CCC(=O)NC7=O)cccc46)CC5)CC3)cc2cc1NC(=O)c1cncc(C#N)c1. The number of fused-ring (bicyclic) bond motifs is 2. The third kappa shape index (κ3) is 7.51. The number of ether oxygens (including phenoxy) is 1. The third-order valence-electron chi connectivity index (χ3n) is 13.6. The van der Waals surface area contributed by atoms with Crippen LogP contribution in [-0.2, 0) is 9.59 Å². The van der Waals surface area contributed by atoms with Crippen LogP contribution in [0.2, 0.25) is 0 Å². The highest BCUT2D eigenvalue weighted by Crippen LogP contribution is 2.44. The Bertz CT molecular complexity index is 2410. The maximum absolute atomic E-state index is 13.0. The zero-order valence-corrected chi connectivity index (χ0v) is 33.1. The summed E-state index contributed by atoms with van der Waals surface area (Å²) in [5, 5.41) is 22.9. The second kappa shape index (κ2) is 15.9. The van der Waals surface area contributed by atoms with Crippen molar-refractivity contribution in [3.8, 4) is 11.8 Å². The highest BCUT2D eigenvalue weighted by atomic mass is 16.5. The monoisotopic (exact) mass is 778 g/mol. The van der Waals surface area contributed by atoms with Gasteiger partial charge in [0.05, 0.1) is 41.4 Å². The van der Waals surface area contributed by atoms with Crippen LogP contribution in [0.5, 0.6) is 5.75 Å². The molecule has 4 aliphatic rings. The number of methoxy groups -OCH3 is 1. The maximum atomic E-state index is 13.0. The molecule has 3 aliphatic heterocycles. The number of likely N-dealkylation sites (tertiary alicyclic amines) is 1. The van der Waals surface area contributed by atoms with Crippen molar-refractivity contribution >= 4 is 50.8 Å². The molecule has 3 amide bonds. The minimum absolute atomic E-state index is 0.177. The van der Waals surface area contributed by atoms with Gasteiger partial charge in [0, 0.05) is 67.2 Å². The lowest BCUT2D eigenvalue weighted by atomic mass is 9.71. The first-order chi connectivity index (χ1) is 28.3. The van der Waals surface area contributed by atoms with Crippen LogP contribution in [0.15, 0.2) is 73.2 Å². The van der Waals surface area contributed by atoms with Crippen LogP contribution < -0.4 is 20.3 Å². The Hall–Kier alpha value is -5.80. The first kappa shape index (κ1) is 37.8. The Kier molecular flexibility index (Phi) is 10.3. The molecule has 9 rings (SSSR count). The highest BCUT2D eigenvalue weighted by molar-refractivity contribution is 6.06. The van der Waals surface area contributed by atoms with Crippen LogP contribution in [0.1, 0.15) is 97.7 Å². The molecule has 3 saturated heterocycles. The fraction of sp³-hybridized carbons (Fsp3) is 0.435. The number of aromatic nitrogens is 3. The molecule has 12 nitrogen and oxygen atoms in total. The zero-order chi connectivity index (χ0) is 39.8. The van der Waals surface area contributed by atoms with Crippen molar-refractivity contribution in [2.24, 2.45) is 11.3 Å². The van der Waals surface area contributed by atoms with Crippen LogP contribution in [0.4, 0.5) is 11.4 Å². The number of anilines is 2. The average Bonchev–Trinajstić information content (AvgIpc) is 3.67. The lowest BCUT2D eigenvalue weighted by molar-refractivity contribution is -0.134. The minimum atomic E-state index is -0.358. The summed E-state index contributed by atoms with van der Waals surface area (Å²) >= 11 is 0. The number of nitrogens with zero attached hydrogens (tertiary/aromatic N) is 6. The number of carbonyl (C=O) groups excluding carboxylic acids is 3. The van der Waals surface area contributed by atoms with Gasteiger partial charge in [0.15, 0.2) is 0 Å². The number of benzene rings is 3. The third-order valence-corrected chi connectivity index (χ3v) is 13.6. The van der Waals surface area contributed by atoms with Crippen molar-refractivity contribution in [3.05, 3.63) is 89.9 Å². The van der Waals surface area contributed by atoms with Gasteiger partial charge in [0.2, 0.25) is 11.8 Å². The quantitative estimate of drug-likeness (QED) is 0.155. The molecule has 2 aromatic heterocycles. The van der Waals surface area contributed by atoms with Gasteiger partial charge in [-0.15, -0.1) is 0 Å². The Morgan fingerprint density at radius 3 is 2.47 bits per heavy atom. The molecule has 5 aromatic rings. The van der Waals surface area contributed by atoms with Crippen LogP contribution in [-0.4, -0.2) is 77.2 Å². The Labute approximate surface area is 338 Å². The molecule has 1 atom stereocenters. The molecule has 0 radical (unpaired) electrons. The molecule has 298 valence electrons. The number of nitriles is 1. The van der Waals surface area contributed by atoms with E-state index in [9.17, 15) is 19.6 Å². The van der Waals surface area contributed by atoms with Crippen molar-refractivity contribution in [2.45, 2.75) is 76.2 Å². The molecule has 12 heteroatoms. The fourth-order valence-electron chi connectivity index (χ4n) is 10.1. The van der Waals surface area contributed by atoms with E-state index in [-0.39, 0.29) is 23.6 Å². The molecule has 1 spiro atoms. The van der Waals surface area contributed by atoms with Gasteiger partial charge in [-0.2, -0.15) is 10.4 Å². The fourth-order valence-corrected chi connectivity index (χ4v) is 10.1. The van der Waals surface area contributed by atoms with Gasteiger partial charge in [-0.3, -0.25) is 29.4 Å². The summed E-state index contributed by atoms with van der Waals surface area (Å²) in [6.07, 6.45) is 15.4. The molecule has 3 aromatic carbocycles. The Morgan fingerprint density at radius 1 is 0.948 bits per heavy atom. The molecule has 1 aliphatic carbocycles. The first-order valence-electron chi connectivity index (χ1n) is 20.8. The Balaban J connectivity index is 0.768. The van der Waals surface area contributed by atoms with Gasteiger partial charge in [0.1, 0.15) is 11.8 Å². The van der Waals surface area contributed by atoms with E-state index in [1.54, 1.807) is 7.11 Å². The lowest BCUT2D eigenvalue weighted by Crippen LogP contribution is -2.48. The van der Waals surface area contributed by atoms with Crippen molar-refractivity contribution in [3.63, 3.8) is 0 Å². The minimum Gasteiger partial charge on any atom is -0.494 e. The smallest absolute Gasteiger partial charge is 0.257 e. The topological polar surface area (TPSA) is 145 Å². The van der Waals surface area contributed by atoms with Crippen LogP contribution in [0.3, 0.4) is 0 Å². The molecule has 2 N–H and O–H groups in total. The largest absolute Gasteiger partial charge is 0.494 e. The van der Waals surface area contributed by atoms with E-state index in [2.05, 4.69) is 72.7 Å². The summed E-state index contributed by atoms with van der Waals surface area (Å²) < 4.78 is 7.73. The van der Waals surface area contributed by atoms with Crippen LogP contribution >= 0.6 is 0 Å². The lowest BCUT2D eigenvalue weighted by Gasteiger charge is -2.48. The normalized spacial score (nSPS) is 22.5. The number of pyridine rings is 1. The summed E-state index contributed by atoms with van der Waals surface area (Å²) in [6.45, 7) is 5.62. The summed E-state index contributed by atoms with van der Waals surface area (Å²) in [5.74, 6) is 0.220. The molecular weight excluding hydrogens is 729 g/mol. The van der Waals surface area contributed by atoms with Crippen molar-refractivity contribution in [1.82, 2.24) is 25.0 Å². The van der Waals surface area contributed by atoms with E-state index >= 15 is 0 Å². The van der Waals surface area contributed by atoms with Crippen LogP contribution in [0, 0.1) is 22.7 Å². The molecule has 1 saturated carbocycles. The first-order valence-corrected chi connectivity index (χ1v) is 20.8. The van der Waals surface area contributed by atoms with E-state index in [0.29, 0.717) is 52.8 Å². The summed E-state index contributed by atoms with van der Waals surface area (Å²) in [6, 6.07) is 20.4. The molecule has 5 heterocycles. The van der Waals surface area contributed by atoms with E-state index in [0.717, 1.165) is 47.8 Å². The number of carbonyl (C=O) groups is 3. The number of hydrogen-bond donors (Lipinski definition) is 2. The molecular formula is C46H50N8O4. The molecule has 0 bridgehead atoms. The average molecular weight is 779 g/mol. The van der Waals surface area contributed by atoms with E-state index in [1.807, 2.05) is 18.2 Å². The van der Waals surface area contributed by atoms with Gasteiger partial charge >= 0.3 is 0 Å². The summed E-state index contributed by atoms with van der Waals surface area (Å²) in [4.78, 5) is 46.8. The number of nitrogens with one attached hydrogen (secondary N) is 2. The molecule has 1 unspecified atom stereocenters. The predicted molar refractivity (Wildman–Crippen MR) is 223 cm³/mol. The van der Waals surface area contributed by atoms with Crippen molar-refractivity contribution < 1.29 is 19.1 Å². The van der Waals surface area contributed by atoms with Gasteiger partial charge < -0.3 is 19.9 Å².